The van der Waals surface area contributed by atoms with Gasteiger partial charge in [0, 0.05) is 19.6 Å². The van der Waals surface area contributed by atoms with E-state index in [1.54, 1.807) is 0 Å². The molecule has 116 valence electrons. The number of hydrogen-bond donors (Lipinski definition) is 2. The lowest BCUT2D eigenvalue weighted by atomic mass is 10.1. The zero-order valence-electron chi connectivity index (χ0n) is 10.6. The maximum absolute atomic E-state index is 13.4. The van der Waals surface area contributed by atoms with E-state index in [0.29, 0.717) is 19.7 Å². The van der Waals surface area contributed by atoms with Crippen LogP contribution in [0, 0.1) is 29.1 Å². The number of amides is 1. The SMILES string of the molecule is O=C(NCC1CNCCO1)c1c(F)c(F)c(F)c(F)c1F. The van der Waals surface area contributed by atoms with Gasteiger partial charge in [-0.1, -0.05) is 0 Å². The number of hydrogen-bond acceptors (Lipinski definition) is 3. The van der Waals surface area contributed by atoms with Crippen LogP contribution in [0.3, 0.4) is 0 Å². The first-order valence-corrected chi connectivity index (χ1v) is 6.05. The molecule has 1 heterocycles. The third-order valence-electron chi connectivity index (χ3n) is 2.93. The van der Waals surface area contributed by atoms with Crippen LogP contribution in [0.5, 0.6) is 0 Å². The molecule has 1 saturated heterocycles. The number of nitrogens with one attached hydrogen (secondary N) is 2. The Labute approximate surface area is 116 Å². The number of halogens is 5. The van der Waals surface area contributed by atoms with E-state index in [1.807, 2.05) is 0 Å². The standard InChI is InChI=1S/C12H11F5N2O2/c13-7-6(8(14)10(16)11(17)9(7)15)12(20)19-4-5-3-18-1-2-21-5/h5,18H,1-4H2,(H,19,20). The molecular weight excluding hydrogens is 299 g/mol. The molecule has 4 nitrogen and oxygen atoms in total. The van der Waals surface area contributed by atoms with Gasteiger partial charge < -0.3 is 15.4 Å². The highest BCUT2D eigenvalue weighted by atomic mass is 19.2. The summed E-state index contributed by atoms with van der Waals surface area (Å²) < 4.78 is 70.8. The van der Waals surface area contributed by atoms with Crippen molar-refractivity contribution in [3.63, 3.8) is 0 Å². The summed E-state index contributed by atoms with van der Waals surface area (Å²) >= 11 is 0. The largest absolute Gasteiger partial charge is 0.374 e. The molecule has 2 N–H and O–H groups in total. The summed E-state index contributed by atoms with van der Waals surface area (Å²) in [5.74, 6) is -12.3. The lowest BCUT2D eigenvalue weighted by molar-refractivity contribution is 0.0286. The number of carbonyl (C=O) groups is 1. The highest BCUT2D eigenvalue weighted by molar-refractivity contribution is 5.94. The predicted octanol–water partition coefficient (Wildman–Crippen LogP) is 1.10. The van der Waals surface area contributed by atoms with Crippen LogP contribution < -0.4 is 10.6 Å². The molecule has 1 atom stereocenters. The second-order valence-electron chi connectivity index (χ2n) is 4.35. The minimum Gasteiger partial charge on any atom is -0.374 e. The topological polar surface area (TPSA) is 50.4 Å². The second-order valence-corrected chi connectivity index (χ2v) is 4.35. The molecule has 0 aliphatic carbocycles. The third-order valence-corrected chi connectivity index (χ3v) is 2.93. The smallest absolute Gasteiger partial charge is 0.257 e. The van der Waals surface area contributed by atoms with Crippen molar-refractivity contribution in [3.8, 4) is 0 Å². The summed E-state index contributed by atoms with van der Waals surface area (Å²) in [6.45, 7) is 1.30. The number of ether oxygens (including phenoxy) is 1. The molecule has 2 rings (SSSR count). The van der Waals surface area contributed by atoms with Crippen molar-refractivity contribution in [2.45, 2.75) is 6.10 Å². The van der Waals surface area contributed by atoms with Crippen molar-refractivity contribution in [3.05, 3.63) is 34.6 Å². The summed E-state index contributed by atoms with van der Waals surface area (Å²) in [5, 5.41) is 5.04. The van der Waals surface area contributed by atoms with Crippen LogP contribution in [-0.4, -0.2) is 38.3 Å². The monoisotopic (exact) mass is 310 g/mol. The van der Waals surface area contributed by atoms with Crippen LogP contribution >= 0.6 is 0 Å². The molecule has 1 unspecified atom stereocenters. The first kappa shape index (κ1) is 15.6. The highest BCUT2D eigenvalue weighted by Crippen LogP contribution is 2.22. The lowest BCUT2D eigenvalue weighted by Crippen LogP contribution is -2.45. The van der Waals surface area contributed by atoms with Crippen LogP contribution in [0.4, 0.5) is 22.0 Å². The Kier molecular flexibility index (Phi) is 4.73. The van der Waals surface area contributed by atoms with E-state index in [-0.39, 0.29) is 6.54 Å². The Morgan fingerprint density at radius 1 is 1.10 bits per heavy atom. The molecule has 0 spiro atoms. The molecule has 1 amide bonds. The van der Waals surface area contributed by atoms with Crippen LogP contribution in [0.15, 0.2) is 0 Å². The van der Waals surface area contributed by atoms with Gasteiger partial charge in [-0.15, -0.1) is 0 Å². The Hall–Kier alpha value is -1.74. The Bertz CT molecular complexity index is 532. The van der Waals surface area contributed by atoms with Gasteiger partial charge in [0.05, 0.1) is 12.7 Å². The fourth-order valence-electron chi connectivity index (χ4n) is 1.85. The predicted molar refractivity (Wildman–Crippen MR) is 61.2 cm³/mol. The maximum Gasteiger partial charge on any atom is 0.257 e. The molecule has 1 aromatic rings. The summed E-state index contributed by atoms with van der Waals surface area (Å²) in [7, 11) is 0. The highest BCUT2D eigenvalue weighted by Gasteiger charge is 2.30. The maximum atomic E-state index is 13.4. The zero-order chi connectivity index (χ0) is 15.6. The van der Waals surface area contributed by atoms with Crippen LogP contribution in [0.1, 0.15) is 10.4 Å². The van der Waals surface area contributed by atoms with E-state index in [1.165, 1.54) is 0 Å². The van der Waals surface area contributed by atoms with Gasteiger partial charge in [-0.25, -0.2) is 22.0 Å². The first-order chi connectivity index (χ1) is 9.93. The van der Waals surface area contributed by atoms with Gasteiger partial charge in [0.25, 0.3) is 5.91 Å². The fourth-order valence-corrected chi connectivity index (χ4v) is 1.85. The van der Waals surface area contributed by atoms with E-state index >= 15 is 0 Å². The fraction of sp³-hybridized carbons (Fsp3) is 0.417. The van der Waals surface area contributed by atoms with Crippen LogP contribution in [0.2, 0.25) is 0 Å². The number of benzene rings is 1. The van der Waals surface area contributed by atoms with Crippen molar-refractivity contribution in [2.75, 3.05) is 26.2 Å². The lowest BCUT2D eigenvalue weighted by Gasteiger charge is -2.23. The molecule has 9 heteroatoms. The third kappa shape index (κ3) is 3.13. The van der Waals surface area contributed by atoms with Gasteiger partial charge in [0.15, 0.2) is 23.3 Å². The van der Waals surface area contributed by atoms with Gasteiger partial charge >= 0.3 is 0 Å². The minimum atomic E-state index is -2.30. The average Bonchev–Trinajstić information content (AvgIpc) is 2.50. The zero-order valence-corrected chi connectivity index (χ0v) is 10.6. The van der Waals surface area contributed by atoms with Crippen molar-refractivity contribution in [2.24, 2.45) is 0 Å². The molecule has 0 aromatic heterocycles. The van der Waals surface area contributed by atoms with E-state index < -0.39 is 46.7 Å². The summed E-state index contributed by atoms with van der Waals surface area (Å²) in [4.78, 5) is 11.6. The second kappa shape index (κ2) is 6.35. The van der Waals surface area contributed by atoms with Crippen molar-refractivity contribution in [1.82, 2.24) is 10.6 Å². The van der Waals surface area contributed by atoms with Gasteiger partial charge in [0.1, 0.15) is 5.56 Å². The van der Waals surface area contributed by atoms with Gasteiger partial charge in [-0.2, -0.15) is 0 Å². The molecule has 1 fully saturated rings. The van der Waals surface area contributed by atoms with Crippen LogP contribution in [0.25, 0.3) is 0 Å². The van der Waals surface area contributed by atoms with E-state index in [4.69, 9.17) is 4.74 Å². The average molecular weight is 310 g/mol. The molecule has 21 heavy (non-hydrogen) atoms. The number of carbonyl (C=O) groups excluding carboxylic acids is 1. The van der Waals surface area contributed by atoms with Crippen molar-refractivity contribution >= 4 is 5.91 Å². The van der Waals surface area contributed by atoms with Gasteiger partial charge in [-0.3, -0.25) is 4.79 Å². The summed E-state index contributed by atoms with van der Waals surface area (Å²) in [6.07, 6.45) is -0.441. The molecule has 1 aliphatic rings. The van der Waals surface area contributed by atoms with Gasteiger partial charge in [-0.05, 0) is 0 Å². The quantitative estimate of drug-likeness (QED) is 0.499. The van der Waals surface area contributed by atoms with E-state index in [2.05, 4.69) is 10.6 Å². The summed E-state index contributed by atoms with van der Waals surface area (Å²) in [6, 6.07) is 0. The normalized spacial score (nSPS) is 18.6. The van der Waals surface area contributed by atoms with E-state index in [9.17, 15) is 26.7 Å². The molecule has 1 aromatic carbocycles. The molecule has 0 bridgehead atoms. The van der Waals surface area contributed by atoms with Crippen molar-refractivity contribution in [1.29, 1.82) is 0 Å². The summed E-state index contributed by atoms with van der Waals surface area (Å²) in [5.41, 5.74) is -1.50. The van der Waals surface area contributed by atoms with Crippen molar-refractivity contribution < 1.29 is 31.5 Å². The number of morpholine rings is 1. The Morgan fingerprint density at radius 2 is 1.67 bits per heavy atom. The molecule has 0 radical (unpaired) electrons. The first-order valence-electron chi connectivity index (χ1n) is 6.05. The molecule has 1 aliphatic heterocycles. The molecular formula is C12H11F5N2O2. The van der Waals surface area contributed by atoms with Crippen LogP contribution in [-0.2, 0) is 4.74 Å². The van der Waals surface area contributed by atoms with E-state index in [0.717, 1.165) is 0 Å². The Balaban J connectivity index is 2.15. The number of rotatable bonds is 3. The minimum absolute atomic E-state index is 0.120. The van der Waals surface area contributed by atoms with Gasteiger partial charge in [0.2, 0.25) is 5.82 Å². The molecule has 0 saturated carbocycles. The Morgan fingerprint density at radius 3 is 2.19 bits per heavy atom.